The summed E-state index contributed by atoms with van der Waals surface area (Å²) in [5.74, 6) is -1.64. The molecule has 0 aliphatic heterocycles. The van der Waals surface area contributed by atoms with Crippen LogP contribution in [0.5, 0.6) is 0 Å². The lowest BCUT2D eigenvalue weighted by Gasteiger charge is -2.21. The highest BCUT2D eigenvalue weighted by molar-refractivity contribution is 7.90. The predicted octanol–water partition coefficient (Wildman–Crippen LogP) is 3.65. The van der Waals surface area contributed by atoms with Crippen molar-refractivity contribution < 1.29 is 22.4 Å². The van der Waals surface area contributed by atoms with Crippen LogP contribution in [0.3, 0.4) is 0 Å². The molecule has 0 unspecified atom stereocenters. The molecule has 0 saturated heterocycles. The Labute approximate surface area is 184 Å². The van der Waals surface area contributed by atoms with Gasteiger partial charge in [-0.05, 0) is 43.2 Å². The number of benzene rings is 1. The van der Waals surface area contributed by atoms with Crippen molar-refractivity contribution >= 4 is 38.5 Å². The van der Waals surface area contributed by atoms with Gasteiger partial charge in [0.25, 0.3) is 5.91 Å². The second-order valence-corrected chi connectivity index (χ2v) is 9.85. The van der Waals surface area contributed by atoms with Crippen molar-refractivity contribution in [1.82, 2.24) is 9.38 Å². The molecule has 1 fully saturated rings. The first-order valence-electron chi connectivity index (χ1n) is 10.3. The van der Waals surface area contributed by atoms with E-state index in [1.807, 2.05) is 0 Å². The van der Waals surface area contributed by atoms with Crippen LogP contribution in [0.25, 0.3) is 5.52 Å². The van der Waals surface area contributed by atoms with Crippen LogP contribution in [-0.4, -0.2) is 35.9 Å². The number of rotatable bonds is 5. The molecule has 1 aliphatic rings. The molecule has 10 heteroatoms. The number of fused-ring (bicyclic) bond motifs is 1. The zero-order valence-corrected chi connectivity index (χ0v) is 18.3. The maximum Gasteiger partial charge on any atom is 0.276 e. The molecule has 2 aromatic heterocycles. The largest absolute Gasteiger partial charge is 0.323 e. The zero-order valence-electron chi connectivity index (χ0n) is 17.5. The molecule has 0 radical (unpaired) electrons. The van der Waals surface area contributed by atoms with Gasteiger partial charge in [-0.15, -0.1) is 0 Å². The molecular weight excluding hydrogens is 435 g/mol. The average molecular weight is 459 g/mol. The molecule has 1 aromatic carbocycles. The molecule has 0 atom stereocenters. The number of aromatic nitrogens is 2. The average Bonchev–Trinajstić information content (AvgIpc) is 3.17. The van der Waals surface area contributed by atoms with Gasteiger partial charge in [-0.1, -0.05) is 25.3 Å². The van der Waals surface area contributed by atoms with Gasteiger partial charge in [0.2, 0.25) is 20.9 Å². The van der Waals surface area contributed by atoms with E-state index < -0.39 is 21.6 Å². The standard InChI is InChI=1S/C22H23FN4O4S/c1-32(30,31)22-26-19(18-9-5-6-12-27(18)22)21(29)24-15-10-11-16(23)17(13-15)25-20(28)14-7-3-2-4-8-14/h5-6,9-14H,2-4,7-8H2,1H3,(H,24,29)(H,25,28). The summed E-state index contributed by atoms with van der Waals surface area (Å²) in [7, 11) is -3.68. The number of anilines is 2. The summed E-state index contributed by atoms with van der Waals surface area (Å²) in [4.78, 5) is 29.4. The number of amides is 2. The van der Waals surface area contributed by atoms with E-state index in [4.69, 9.17) is 0 Å². The molecule has 2 N–H and O–H groups in total. The highest BCUT2D eigenvalue weighted by atomic mass is 32.2. The first-order valence-corrected chi connectivity index (χ1v) is 12.2. The number of nitrogens with one attached hydrogen (secondary N) is 2. The van der Waals surface area contributed by atoms with Crippen LogP contribution in [0.15, 0.2) is 47.8 Å². The maximum absolute atomic E-state index is 14.3. The Bertz CT molecular complexity index is 1300. The van der Waals surface area contributed by atoms with Gasteiger partial charge < -0.3 is 10.6 Å². The molecule has 32 heavy (non-hydrogen) atoms. The Morgan fingerprint density at radius 2 is 1.84 bits per heavy atom. The van der Waals surface area contributed by atoms with Crippen LogP contribution < -0.4 is 10.6 Å². The fraction of sp³-hybridized carbons (Fsp3) is 0.318. The van der Waals surface area contributed by atoms with Crippen molar-refractivity contribution in [1.29, 1.82) is 0 Å². The third-order valence-electron chi connectivity index (χ3n) is 5.52. The molecule has 168 valence electrons. The number of carbonyl (C=O) groups excluding carboxylic acids is 2. The number of carbonyl (C=O) groups is 2. The van der Waals surface area contributed by atoms with Crippen molar-refractivity contribution in [2.24, 2.45) is 5.92 Å². The molecular formula is C22H23FN4O4S. The summed E-state index contributed by atoms with van der Waals surface area (Å²) in [6, 6.07) is 8.72. The highest BCUT2D eigenvalue weighted by Gasteiger charge is 2.24. The molecule has 1 saturated carbocycles. The van der Waals surface area contributed by atoms with Gasteiger partial charge >= 0.3 is 0 Å². The highest BCUT2D eigenvalue weighted by Crippen LogP contribution is 2.27. The fourth-order valence-electron chi connectivity index (χ4n) is 3.93. The monoisotopic (exact) mass is 458 g/mol. The minimum atomic E-state index is -3.68. The van der Waals surface area contributed by atoms with Crippen LogP contribution in [0.1, 0.15) is 42.6 Å². The Morgan fingerprint density at radius 1 is 1.09 bits per heavy atom. The predicted molar refractivity (Wildman–Crippen MR) is 118 cm³/mol. The summed E-state index contributed by atoms with van der Waals surface area (Å²) < 4.78 is 39.7. The second kappa shape index (κ2) is 8.70. The smallest absolute Gasteiger partial charge is 0.276 e. The quantitative estimate of drug-likeness (QED) is 0.607. The third kappa shape index (κ3) is 4.50. The molecule has 8 nitrogen and oxygen atoms in total. The minimum Gasteiger partial charge on any atom is -0.323 e. The summed E-state index contributed by atoms with van der Waals surface area (Å²) in [5.41, 5.74) is 0.458. The van der Waals surface area contributed by atoms with Crippen molar-refractivity contribution in [2.45, 2.75) is 37.3 Å². The molecule has 0 spiro atoms. The molecule has 0 bridgehead atoms. The fourth-order valence-corrected chi connectivity index (χ4v) is 4.70. The van der Waals surface area contributed by atoms with E-state index in [0.717, 1.165) is 44.4 Å². The van der Waals surface area contributed by atoms with E-state index in [0.29, 0.717) is 5.52 Å². The minimum absolute atomic E-state index is 0.0232. The van der Waals surface area contributed by atoms with Crippen LogP contribution >= 0.6 is 0 Å². The normalized spacial score (nSPS) is 14.9. The summed E-state index contributed by atoms with van der Waals surface area (Å²) in [6.07, 6.45) is 7.13. The Hall–Kier alpha value is -3.27. The second-order valence-electron chi connectivity index (χ2n) is 7.94. The van der Waals surface area contributed by atoms with Crippen LogP contribution in [-0.2, 0) is 14.6 Å². The first kappa shape index (κ1) is 21.9. The van der Waals surface area contributed by atoms with Gasteiger partial charge in [0.1, 0.15) is 5.82 Å². The van der Waals surface area contributed by atoms with E-state index in [-0.39, 0.29) is 34.1 Å². The Morgan fingerprint density at radius 3 is 2.56 bits per heavy atom. The van der Waals surface area contributed by atoms with E-state index >= 15 is 0 Å². The molecule has 2 amide bonds. The van der Waals surface area contributed by atoms with Gasteiger partial charge in [-0.2, -0.15) is 0 Å². The molecule has 1 aliphatic carbocycles. The van der Waals surface area contributed by atoms with E-state index in [9.17, 15) is 22.4 Å². The van der Waals surface area contributed by atoms with Gasteiger partial charge in [0.15, 0.2) is 5.69 Å². The Kier molecular flexibility index (Phi) is 5.96. The van der Waals surface area contributed by atoms with Crippen molar-refractivity contribution in [3.63, 3.8) is 0 Å². The Balaban J connectivity index is 1.58. The molecule has 4 rings (SSSR count). The molecule has 2 heterocycles. The number of hydrogen-bond donors (Lipinski definition) is 2. The lowest BCUT2D eigenvalue weighted by molar-refractivity contribution is -0.120. The summed E-state index contributed by atoms with van der Waals surface area (Å²) >= 11 is 0. The topological polar surface area (TPSA) is 110 Å². The van der Waals surface area contributed by atoms with Crippen LogP contribution in [0, 0.1) is 11.7 Å². The first-order chi connectivity index (χ1) is 15.2. The number of sulfone groups is 1. The van der Waals surface area contributed by atoms with Crippen molar-refractivity contribution in [2.75, 3.05) is 16.9 Å². The van der Waals surface area contributed by atoms with Crippen molar-refractivity contribution in [3.05, 3.63) is 54.1 Å². The number of hydrogen-bond acceptors (Lipinski definition) is 5. The zero-order chi connectivity index (χ0) is 22.9. The van der Waals surface area contributed by atoms with Crippen molar-refractivity contribution in [3.8, 4) is 0 Å². The van der Waals surface area contributed by atoms with Gasteiger partial charge in [0.05, 0.1) is 11.2 Å². The number of halogens is 1. The number of nitrogens with zero attached hydrogens (tertiary/aromatic N) is 2. The van der Waals surface area contributed by atoms with Gasteiger partial charge in [-0.3, -0.25) is 14.0 Å². The lowest BCUT2D eigenvalue weighted by atomic mass is 9.88. The van der Waals surface area contributed by atoms with E-state index in [1.54, 1.807) is 18.2 Å². The van der Waals surface area contributed by atoms with Crippen LogP contribution in [0.2, 0.25) is 0 Å². The number of imidazole rings is 1. The van der Waals surface area contributed by atoms with E-state index in [1.165, 1.54) is 22.7 Å². The van der Waals surface area contributed by atoms with Crippen LogP contribution in [0.4, 0.5) is 15.8 Å². The third-order valence-corrected chi connectivity index (χ3v) is 6.47. The SMILES string of the molecule is CS(=O)(=O)c1nc(C(=O)Nc2ccc(F)c(NC(=O)C3CCCCC3)c2)c2ccccn12. The summed E-state index contributed by atoms with van der Waals surface area (Å²) in [6.45, 7) is 0. The van der Waals surface area contributed by atoms with E-state index in [2.05, 4.69) is 15.6 Å². The molecule has 3 aromatic rings. The van der Waals surface area contributed by atoms with Gasteiger partial charge in [-0.25, -0.2) is 17.8 Å². The summed E-state index contributed by atoms with van der Waals surface area (Å²) in [5, 5.41) is 4.98. The lowest BCUT2D eigenvalue weighted by Crippen LogP contribution is -2.25. The number of pyridine rings is 1. The maximum atomic E-state index is 14.3. The van der Waals surface area contributed by atoms with Gasteiger partial charge in [0, 0.05) is 24.1 Å².